The zero-order valence-corrected chi connectivity index (χ0v) is 12.3. The fraction of sp³-hybridized carbons (Fsp3) is 0.375. The Hall–Kier alpha value is -2.21. The van der Waals surface area contributed by atoms with Crippen molar-refractivity contribution in [1.82, 2.24) is 15.1 Å². The van der Waals surface area contributed by atoms with Gasteiger partial charge in [0, 0.05) is 25.2 Å². The average molecular weight is 302 g/mol. The molecule has 1 aliphatic heterocycles. The summed E-state index contributed by atoms with van der Waals surface area (Å²) in [4.78, 5) is 11.9. The predicted octanol–water partition coefficient (Wildman–Crippen LogP) is 2.13. The number of nitrogens with zero attached hydrogens (tertiary/aromatic N) is 2. The number of hydrogen-bond acceptors (Lipinski definition) is 3. The van der Waals surface area contributed by atoms with Gasteiger partial charge in [0.2, 0.25) is 5.91 Å². The van der Waals surface area contributed by atoms with Crippen molar-refractivity contribution in [3.05, 3.63) is 47.9 Å². The van der Waals surface area contributed by atoms with Gasteiger partial charge in [0.15, 0.2) is 5.82 Å². The summed E-state index contributed by atoms with van der Waals surface area (Å²) < 4.78 is 15.4. The molecule has 1 amide bonds. The number of halogens is 1. The molecule has 1 saturated heterocycles. The highest BCUT2D eigenvalue weighted by Gasteiger charge is 2.17. The molecule has 1 aliphatic rings. The lowest BCUT2D eigenvalue weighted by atomic mass is 10.1. The van der Waals surface area contributed by atoms with E-state index < -0.39 is 0 Å². The highest BCUT2D eigenvalue weighted by atomic mass is 19.1. The first kappa shape index (κ1) is 14.7. The van der Waals surface area contributed by atoms with E-state index in [0.29, 0.717) is 23.8 Å². The fourth-order valence-electron chi connectivity index (χ4n) is 2.63. The van der Waals surface area contributed by atoms with Gasteiger partial charge in [-0.1, -0.05) is 18.2 Å². The third-order valence-electron chi connectivity index (χ3n) is 3.86. The zero-order valence-electron chi connectivity index (χ0n) is 12.3. The number of hydrogen-bond donors (Lipinski definition) is 2. The second kappa shape index (κ2) is 6.70. The maximum Gasteiger partial charge on any atom is 0.225 e. The van der Waals surface area contributed by atoms with Crippen LogP contribution in [0.25, 0.3) is 0 Å². The minimum atomic E-state index is -0.270. The largest absolute Gasteiger partial charge is 0.315 e. The highest BCUT2D eigenvalue weighted by Crippen LogP contribution is 2.16. The van der Waals surface area contributed by atoms with Gasteiger partial charge in [0.05, 0.1) is 6.04 Å². The Bertz CT molecular complexity index is 649. The Morgan fingerprint density at radius 2 is 2.27 bits per heavy atom. The van der Waals surface area contributed by atoms with E-state index in [1.54, 1.807) is 24.3 Å². The summed E-state index contributed by atoms with van der Waals surface area (Å²) in [6.07, 6.45) is 3.54. The van der Waals surface area contributed by atoms with Crippen molar-refractivity contribution in [3.8, 4) is 0 Å². The second-order valence-corrected chi connectivity index (χ2v) is 5.47. The van der Waals surface area contributed by atoms with Gasteiger partial charge in [0.1, 0.15) is 5.82 Å². The third kappa shape index (κ3) is 3.51. The molecule has 1 aromatic carbocycles. The van der Waals surface area contributed by atoms with Gasteiger partial charge >= 0.3 is 0 Å². The molecule has 1 atom stereocenters. The Morgan fingerprint density at radius 1 is 1.41 bits per heavy atom. The molecule has 1 fully saturated rings. The van der Waals surface area contributed by atoms with Crippen LogP contribution < -0.4 is 10.6 Å². The molecule has 2 aromatic rings. The zero-order chi connectivity index (χ0) is 15.4. The first-order valence-electron chi connectivity index (χ1n) is 7.51. The van der Waals surface area contributed by atoms with E-state index in [1.807, 2.05) is 10.9 Å². The van der Waals surface area contributed by atoms with E-state index in [4.69, 9.17) is 0 Å². The molecule has 0 bridgehead atoms. The van der Waals surface area contributed by atoms with E-state index in [1.165, 1.54) is 6.07 Å². The smallest absolute Gasteiger partial charge is 0.225 e. The van der Waals surface area contributed by atoms with Crippen LogP contribution in [0.3, 0.4) is 0 Å². The summed E-state index contributed by atoms with van der Waals surface area (Å²) in [6.45, 7) is 1.90. The summed E-state index contributed by atoms with van der Waals surface area (Å²) in [5.41, 5.74) is 0.556. The van der Waals surface area contributed by atoms with Crippen LogP contribution in [-0.2, 0) is 11.2 Å². The Balaban J connectivity index is 1.52. The monoisotopic (exact) mass is 302 g/mol. The molecule has 0 saturated carbocycles. The molecule has 3 rings (SSSR count). The molecule has 0 radical (unpaired) electrons. The molecule has 116 valence electrons. The van der Waals surface area contributed by atoms with Gasteiger partial charge in [-0.15, -0.1) is 0 Å². The first-order valence-corrected chi connectivity index (χ1v) is 7.51. The van der Waals surface area contributed by atoms with Gasteiger partial charge in [-0.2, -0.15) is 5.10 Å². The van der Waals surface area contributed by atoms with E-state index >= 15 is 0 Å². The van der Waals surface area contributed by atoms with Gasteiger partial charge in [-0.25, -0.2) is 4.39 Å². The number of benzene rings is 1. The number of aryl methyl sites for hydroxylation is 1. The molecule has 0 spiro atoms. The number of aromatic nitrogens is 2. The Morgan fingerprint density at radius 3 is 3.05 bits per heavy atom. The summed E-state index contributed by atoms with van der Waals surface area (Å²) in [7, 11) is 0. The SMILES string of the molecule is O=C(CCc1ccccc1F)Nc1ccn([C@H]2CCNC2)n1. The summed E-state index contributed by atoms with van der Waals surface area (Å²) in [6, 6.07) is 8.66. The molecule has 2 N–H and O–H groups in total. The van der Waals surface area contributed by atoms with E-state index in [-0.39, 0.29) is 18.1 Å². The molecule has 5 nitrogen and oxygen atoms in total. The topological polar surface area (TPSA) is 59.0 Å². The Labute approximate surface area is 128 Å². The number of carbonyl (C=O) groups excluding carboxylic acids is 1. The van der Waals surface area contributed by atoms with Crippen molar-refractivity contribution in [1.29, 1.82) is 0 Å². The van der Waals surface area contributed by atoms with Crippen molar-refractivity contribution in [2.45, 2.75) is 25.3 Å². The second-order valence-electron chi connectivity index (χ2n) is 5.47. The van der Waals surface area contributed by atoms with Crippen molar-refractivity contribution >= 4 is 11.7 Å². The number of carbonyl (C=O) groups is 1. The molecule has 2 heterocycles. The van der Waals surface area contributed by atoms with Crippen LogP contribution in [0.5, 0.6) is 0 Å². The van der Waals surface area contributed by atoms with Crippen LogP contribution in [0, 0.1) is 5.82 Å². The fourth-order valence-corrected chi connectivity index (χ4v) is 2.63. The quantitative estimate of drug-likeness (QED) is 0.889. The van der Waals surface area contributed by atoms with Crippen molar-refractivity contribution in [2.24, 2.45) is 0 Å². The molecular formula is C16H19FN4O. The predicted molar refractivity (Wildman–Crippen MR) is 82.1 cm³/mol. The van der Waals surface area contributed by atoms with Crippen LogP contribution in [0.15, 0.2) is 36.5 Å². The molecule has 0 aliphatic carbocycles. The van der Waals surface area contributed by atoms with Crippen molar-refractivity contribution in [3.63, 3.8) is 0 Å². The van der Waals surface area contributed by atoms with E-state index in [2.05, 4.69) is 15.7 Å². The maximum atomic E-state index is 13.5. The lowest BCUT2D eigenvalue weighted by Crippen LogP contribution is -2.16. The standard InChI is InChI=1S/C16H19FN4O/c17-14-4-2-1-3-12(14)5-6-16(22)19-15-8-10-21(20-15)13-7-9-18-11-13/h1-4,8,10,13,18H,5-7,9,11H2,(H,19,20,22)/t13-/m0/s1. The van der Waals surface area contributed by atoms with Crippen LogP contribution in [0.1, 0.15) is 24.4 Å². The molecule has 0 unspecified atom stereocenters. The number of amides is 1. The van der Waals surface area contributed by atoms with Gasteiger partial charge in [-0.05, 0) is 31.0 Å². The van der Waals surface area contributed by atoms with E-state index in [0.717, 1.165) is 19.5 Å². The lowest BCUT2D eigenvalue weighted by Gasteiger charge is -2.08. The minimum absolute atomic E-state index is 0.155. The molecule has 6 heteroatoms. The van der Waals surface area contributed by atoms with Crippen LogP contribution in [0.4, 0.5) is 10.2 Å². The average Bonchev–Trinajstić information content (AvgIpc) is 3.17. The molecule has 22 heavy (non-hydrogen) atoms. The van der Waals surface area contributed by atoms with Gasteiger partial charge in [0.25, 0.3) is 0 Å². The summed E-state index contributed by atoms with van der Waals surface area (Å²) in [5.74, 6) is 0.122. The number of rotatable bonds is 5. The van der Waals surface area contributed by atoms with Crippen LogP contribution in [-0.4, -0.2) is 28.8 Å². The summed E-state index contributed by atoms with van der Waals surface area (Å²) >= 11 is 0. The normalized spacial score (nSPS) is 17.6. The molecular weight excluding hydrogens is 283 g/mol. The Kier molecular flexibility index (Phi) is 4.48. The summed E-state index contributed by atoms with van der Waals surface area (Å²) in [5, 5.41) is 10.4. The van der Waals surface area contributed by atoms with Gasteiger partial charge < -0.3 is 10.6 Å². The lowest BCUT2D eigenvalue weighted by molar-refractivity contribution is -0.116. The first-order chi connectivity index (χ1) is 10.7. The third-order valence-corrected chi connectivity index (χ3v) is 3.86. The number of anilines is 1. The van der Waals surface area contributed by atoms with Crippen molar-refractivity contribution in [2.75, 3.05) is 18.4 Å². The maximum absolute atomic E-state index is 13.5. The van der Waals surface area contributed by atoms with Crippen molar-refractivity contribution < 1.29 is 9.18 Å². The van der Waals surface area contributed by atoms with E-state index in [9.17, 15) is 9.18 Å². The highest BCUT2D eigenvalue weighted by molar-refractivity contribution is 5.89. The number of nitrogens with one attached hydrogen (secondary N) is 2. The van der Waals surface area contributed by atoms with Crippen LogP contribution >= 0.6 is 0 Å². The van der Waals surface area contributed by atoms with Crippen LogP contribution in [0.2, 0.25) is 0 Å². The minimum Gasteiger partial charge on any atom is -0.315 e. The van der Waals surface area contributed by atoms with Gasteiger partial charge in [-0.3, -0.25) is 9.48 Å². The molecule has 1 aromatic heterocycles.